The number of nitrogens with one attached hydrogen (secondary N) is 1. The number of oxime groups is 1. The fraction of sp³-hybridized carbons (Fsp3) is 0.750. The van der Waals surface area contributed by atoms with Gasteiger partial charge in [0.25, 0.3) is 0 Å². The van der Waals surface area contributed by atoms with Gasteiger partial charge in [-0.2, -0.15) is 5.48 Å². The first-order chi connectivity index (χ1) is 6.64. The summed E-state index contributed by atoms with van der Waals surface area (Å²) in [6, 6.07) is 0. The molecule has 0 heterocycles. The summed E-state index contributed by atoms with van der Waals surface area (Å²) in [5, 5.41) is 20.7. The summed E-state index contributed by atoms with van der Waals surface area (Å²) in [5.74, 6) is -0.533. The smallest absolute Gasteiger partial charge is 0.304 e. The van der Waals surface area contributed by atoms with Crippen molar-refractivity contribution in [1.82, 2.24) is 5.48 Å². The lowest BCUT2D eigenvalue weighted by Crippen LogP contribution is -2.55. The highest BCUT2D eigenvalue weighted by molar-refractivity contribution is 5.93. The van der Waals surface area contributed by atoms with Crippen LogP contribution in [0.2, 0.25) is 0 Å². The Balaban J connectivity index is 2.87. The molecular weight excluding hydrogens is 188 g/mol. The van der Waals surface area contributed by atoms with E-state index in [9.17, 15) is 4.79 Å². The third kappa shape index (κ3) is 2.02. The molecule has 0 aromatic carbocycles. The van der Waals surface area contributed by atoms with Gasteiger partial charge >= 0.3 is 5.97 Å². The molecule has 3 N–H and O–H groups in total. The molecule has 1 saturated carbocycles. The molecule has 1 atom stereocenters. The average molecular weight is 202 g/mol. The van der Waals surface area contributed by atoms with Gasteiger partial charge < -0.3 is 15.2 Å². The molecule has 0 spiro atoms. The van der Waals surface area contributed by atoms with Gasteiger partial charge in [-0.25, -0.2) is 0 Å². The zero-order valence-electron chi connectivity index (χ0n) is 7.99. The molecule has 0 bridgehead atoms. The lowest BCUT2D eigenvalue weighted by atomic mass is 9.90. The predicted molar refractivity (Wildman–Crippen MR) is 47.1 cm³/mol. The van der Waals surface area contributed by atoms with Crippen LogP contribution in [0.1, 0.15) is 32.6 Å². The fourth-order valence-corrected chi connectivity index (χ4v) is 1.64. The first kappa shape index (κ1) is 10.9. The average Bonchev–Trinajstić information content (AvgIpc) is 2.17. The summed E-state index contributed by atoms with van der Waals surface area (Å²) < 4.78 is 4.94. The molecule has 1 rings (SSSR count). The number of nitrogens with zero attached hydrogens (tertiary/aromatic N) is 1. The van der Waals surface area contributed by atoms with Crippen molar-refractivity contribution in [3.63, 3.8) is 0 Å². The number of carbonyl (C=O) groups excluding carboxylic acids is 1. The number of rotatable bonds is 2. The van der Waals surface area contributed by atoms with Crippen molar-refractivity contribution in [3.8, 4) is 0 Å². The summed E-state index contributed by atoms with van der Waals surface area (Å²) >= 11 is 0. The van der Waals surface area contributed by atoms with E-state index < -0.39 is 11.7 Å². The van der Waals surface area contributed by atoms with Crippen molar-refractivity contribution in [3.05, 3.63) is 0 Å². The molecule has 1 aliphatic rings. The van der Waals surface area contributed by atoms with Gasteiger partial charge in [0, 0.05) is 13.3 Å². The first-order valence-corrected chi connectivity index (χ1v) is 4.47. The van der Waals surface area contributed by atoms with Crippen LogP contribution in [-0.4, -0.2) is 27.8 Å². The van der Waals surface area contributed by atoms with Gasteiger partial charge in [-0.05, 0) is 19.3 Å². The lowest BCUT2D eigenvalue weighted by molar-refractivity contribution is -0.165. The van der Waals surface area contributed by atoms with Crippen molar-refractivity contribution in [2.45, 2.75) is 38.3 Å². The van der Waals surface area contributed by atoms with E-state index in [1.165, 1.54) is 6.92 Å². The highest BCUT2D eigenvalue weighted by Crippen LogP contribution is 2.27. The molecule has 0 radical (unpaired) electrons. The van der Waals surface area contributed by atoms with Gasteiger partial charge in [0.15, 0.2) is 0 Å². The summed E-state index contributed by atoms with van der Waals surface area (Å²) in [4.78, 5) is 10.8. The molecule has 6 nitrogen and oxygen atoms in total. The molecule has 0 aromatic heterocycles. The Bertz CT molecular complexity index is 254. The molecular formula is C8H14N2O4. The van der Waals surface area contributed by atoms with Crippen LogP contribution in [0.25, 0.3) is 0 Å². The second kappa shape index (κ2) is 4.39. The maximum atomic E-state index is 10.8. The second-order valence-corrected chi connectivity index (χ2v) is 3.29. The van der Waals surface area contributed by atoms with Crippen LogP contribution in [-0.2, 0) is 9.53 Å². The monoisotopic (exact) mass is 202 g/mol. The maximum absolute atomic E-state index is 10.8. The maximum Gasteiger partial charge on any atom is 0.304 e. The van der Waals surface area contributed by atoms with Crippen LogP contribution >= 0.6 is 0 Å². The van der Waals surface area contributed by atoms with Crippen LogP contribution < -0.4 is 5.48 Å². The number of hydrogen-bond acceptors (Lipinski definition) is 6. The molecule has 1 fully saturated rings. The summed E-state index contributed by atoms with van der Waals surface area (Å²) in [5.41, 5.74) is 0.833. The van der Waals surface area contributed by atoms with Crippen LogP contribution in [0.4, 0.5) is 0 Å². The van der Waals surface area contributed by atoms with Crippen molar-refractivity contribution in [2.75, 3.05) is 0 Å². The van der Waals surface area contributed by atoms with Crippen molar-refractivity contribution >= 4 is 11.7 Å². The van der Waals surface area contributed by atoms with E-state index in [4.69, 9.17) is 15.2 Å². The number of carbonyl (C=O) groups is 1. The Morgan fingerprint density at radius 3 is 2.86 bits per heavy atom. The third-order valence-electron chi connectivity index (χ3n) is 2.28. The quantitative estimate of drug-likeness (QED) is 0.264. The molecule has 80 valence electrons. The van der Waals surface area contributed by atoms with Gasteiger partial charge in [0.1, 0.15) is 5.71 Å². The Morgan fingerprint density at radius 1 is 1.64 bits per heavy atom. The van der Waals surface area contributed by atoms with Crippen LogP contribution in [0.15, 0.2) is 5.16 Å². The highest BCUT2D eigenvalue weighted by atomic mass is 16.6. The Morgan fingerprint density at radius 2 is 2.36 bits per heavy atom. The van der Waals surface area contributed by atoms with Gasteiger partial charge in [-0.3, -0.25) is 4.79 Å². The molecule has 0 aliphatic heterocycles. The minimum absolute atomic E-state index is 0.251. The highest BCUT2D eigenvalue weighted by Gasteiger charge is 2.41. The first-order valence-electron chi connectivity index (χ1n) is 4.47. The van der Waals surface area contributed by atoms with E-state index in [1.54, 1.807) is 0 Å². The minimum atomic E-state index is -1.33. The molecule has 0 aromatic rings. The van der Waals surface area contributed by atoms with Gasteiger partial charge in [-0.15, -0.1) is 0 Å². The van der Waals surface area contributed by atoms with E-state index >= 15 is 0 Å². The fourth-order valence-electron chi connectivity index (χ4n) is 1.64. The molecule has 14 heavy (non-hydrogen) atoms. The molecule has 1 aliphatic carbocycles. The summed E-state index contributed by atoms with van der Waals surface area (Å²) in [7, 11) is 0. The third-order valence-corrected chi connectivity index (χ3v) is 2.28. The summed E-state index contributed by atoms with van der Waals surface area (Å²) in [6.07, 6.45) is 2.55. The van der Waals surface area contributed by atoms with E-state index in [-0.39, 0.29) is 5.71 Å². The topological polar surface area (TPSA) is 91.2 Å². The largest absolute Gasteiger partial charge is 0.436 e. The second-order valence-electron chi connectivity index (χ2n) is 3.29. The SMILES string of the molecule is CC(=O)OC1(NO)CCCC/C1=N\O. The van der Waals surface area contributed by atoms with E-state index in [0.717, 1.165) is 12.8 Å². The predicted octanol–water partition coefficient (Wildman–Crippen LogP) is 0.629. The molecule has 6 heteroatoms. The minimum Gasteiger partial charge on any atom is -0.436 e. The molecule has 1 unspecified atom stereocenters. The van der Waals surface area contributed by atoms with Crippen molar-refractivity contribution in [2.24, 2.45) is 5.16 Å². The zero-order chi connectivity index (χ0) is 10.6. The van der Waals surface area contributed by atoms with Crippen LogP contribution in [0.5, 0.6) is 0 Å². The Labute approximate surface area is 81.5 Å². The zero-order valence-corrected chi connectivity index (χ0v) is 7.99. The lowest BCUT2D eigenvalue weighted by Gasteiger charge is -2.34. The number of ether oxygens (including phenoxy) is 1. The molecule has 0 saturated heterocycles. The Hall–Kier alpha value is -1.14. The summed E-state index contributed by atoms with van der Waals surface area (Å²) in [6.45, 7) is 1.24. The number of esters is 1. The standard InChI is InChI=1S/C8H14N2O4/c1-6(11)14-8(10-13)5-3-2-4-7(8)9-12/h10,12-13H,2-5H2,1H3/b9-7+. The van der Waals surface area contributed by atoms with E-state index in [2.05, 4.69) is 5.16 Å². The van der Waals surface area contributed by atoms with Gasteiger partial charge in [-0.1, -0.05) is 5.16 Å². The van der Waals surface area contributed by atoms with Crippen LogP contribution in [0.3, 0.4) is 0 Å². The normalized spacial score (nSPS) is 30.3. The van der Waals surface area contributed by atoms with E-state index in [0.29, 0.717) is 12.8 Å². The number of hydroxylamine groups is 1. The molecule has 0 amide bonds. The van der Waals surface area contributed by atoms with Crippen molar-refractivity contribution in [1.29, 1.82) is 0 Å². The van der Waals surface area contributed by atoms with E-state index in [1.807, 2.05) is 5.48 Å². The van der Waals surface area contributed by atoms with Gasteiger partial charge in [0.05, 0.1) is 0 Å². The Kier molecular flexibility index (Phi) is 3.43. The number of hydrogen-bond donors (Lipinski definition) is 3. The van der Waals surface area contributed by atoms with Crippen molar-refractivity contribution < 1.29 is 19.9 Å². The van der Waals surface area contributed by atoms with Gasteiger partial charge in [0.2, 0.25) is 5.72 Å². The van der Waals surface area contributed by atoms with Crippen LogP contribution in [0, 0.1) is 0 Å².